The van der Waals surface area contributed by atoms with Crippen LogP contribution >= 0.6 is 0 Å². The second-order valence-corrected chi connectivity index (χ2v) is 16.0. The maximum absolute atomic E-state index is 14.7. The number of hydrogen-bond acceptors (Lipinski definition) is 7. The first-order valence-electron chi connectivity index (χ1n) is 21.3. The minimum Gasteiger partial charge on any atom is -0.390 e. The van der Waals surface area contributed by atoms with E-state index >= 15 is 0 Å². The van der Waals surface area contributed by atoms with Crippen molar-refractivity contribution in [1.82, 2.24) is 20.9 Å². The highest BCUT2D eigenvalue weighted by Gasteiger charge is 2.34. The highest BCUT2D eigenvalue weighted by atomic mass is 16.5. The Kier molecular flexibility index (Phi) is 16.3. The zero-order chi connectivity index (χ0) is 41.4. The largest absolute Gasteiger partial charge is 0.390 e. The van der Waals surface area contributed by atoms with Crippen LogP contribution in [0.2, 0.25) is 0 Å². The SMILES string of the molecule is NCCC1CN(C(=O)C[C@H](O)C(CC2CCCCC2)NC(=O)C(CC#CCNC=O)NC(=O)C(Cc2cccc3ccccc23)Cc2cccc3ccccc23)CCO1. The number of amides is 4. The summed E-state index contributed by atoms with van der Waals surface area (Å²) < 4.78 is 5.78. The first kappa shape index (κ1) is 43.3. The molecule has 6 N–H and O–H groups in total. The number of nitrogens with one attached hydrogen (secondary N) is 3. The highest BCUT2D eigenvalue weighted by molar-refractivity contribution is 5.91. The van der Waals surface area contributed by atoms with Gasteiger partial charge >= 0.3 is 0 Å². The third-order valence-electron chi connectivity index (χ3n) is 11.9. The van der Waals surface area contributed by atoms with Crippen molar-refractivity contribution in [3.05, 3.63) is 96.1 Å². The lowest BCUT2D eigenvalue weighted by Gasteiger charge is -2.35. The average molecular weight is 802 g/mol. The third kappa shape index (κ3) is 12.4. The molecule has 1 saturated carbocycles. The number of benzene rings is 4. The molecule has 6 rings (SSSR count). The van der Waals surface area contributed by atoms with Crippen LogP contribution in [0.4, 0.5) is 0 Å². The number of nitrogens with two attached hydrogens (primary N) is 1. The molecule has 1 aliphatic heterocycles. The van der Waals surface area contributed by atoms with E-state index in [4.69, 9.17) is 10.5 Å². The summed E-state index contributed by atoms with van der Waals surface area (Å²) in [5, 5.41) is 24.7. The van der Waals surface area contributed by atoms with Gasteiger partial charge < -0.3 is 36.4 Å². The Morgan fingerprint density at radius 2 is 1.49 bits per heavy atom. The molecule has 0 spiro atoms. The molecule has 11 heteroatoms. The third-order valence-corrected chi connectivity index (χ3v) is 11.9. The van der Waals surface area contributed by atoms with Gasteiger partial charge in [-0.1, -0.05) is 129 Å². The number of aliphatic hydroxyl groups excluding tert-OH is 1. The molecule has 4 amide bonds. The Balaban J connectivity index is 1.25. The van der Waals surface area contributed by atoms with Gasteiger partial charge in [0.25, 0.3) is 0 Å². The van der Waals surface area contributed by atoms with E-state index in [0.29, 0.717) is 58.3 Å². The second kappa shape index (κ2) is 22.2. The zero-order valence-electron chi connectivity index (χ0n) is 34.0. The number of morpholine rings is 1. The van der Waals surface area contributed by atoms with Gasteiger partial charge in [-0.25, -0.2) is 0 Å². The second-order valence-electron chi connectivity index (χ2n) is 16.0. The van der Waals surface area contributed by atoms with Gasteiger partial charge in [-0.3, -0.25) is 19.2 Å². The van der Waals surface area contributed by atoms with Crippen LogP contribution in [-0.4, -0.2) is 91.2 Å². The molecular formula is C48H59N5O6. The first-order chi connectivity index (χ1) is 28.8. The Hall–Kier alpha value is -5.28. The van der Waals surface area contributed by atoms with Gasteiger partial charge in [0.1, 0.15) is 6.04 Å². The fourth-order valence-corrected chi connectivity index (χ4v) is 8.69. The maximum Gasteiger partial charge on any atom is 0.243 e. The van der Waals surface area contributed by atoms with Gasteiger partial charge in [0.15, 0.2) is 0 Å². The summed E-state index contributed by atoms with van der Waals surface area (Å²) in [6.07, 6.45) is 6.37. The lowest BCUT2D eigenvalue weighted by molar-refractivity contribution is -0.142. The van der Waals surface area contributed by atoms with E-state index in [-0.39, 0.29) is 43.2 Å². The molecule has 1 heterocycles. The summed E-state index contributed by atoms with van der Waals surface area (Å²) >= 11 is 0. The lowest BCUT2D eigenvalue weighted by atomic mass is 9.83. The quantitative estimate of drug-likeness (QED) is 0.0549. The molecule has 3 unspecified atom stereocenters. The molecule has 0 aromatic heterocycles. The first-order valence-corrected chi connectivity index (χ1v) is 21.3. The van der Waals surface area contributed by atoms with Crippen molar-refractivity contribution in [2.24, 2.45) is 17.6 Å². The Bertz CT molecular complexity index is 2000. The van der Waals surface area contributed by atoms with E-state index in [1.54, 1.807) is 4.90 Å². The molecule has 0 radical (unpaired) electrons. The van der Waals surface area contributed by atoms with Crippen LogP contribution in [0.25, 0.3) is 21.5 Å². The van der Waals surface area contributed by atoms with Crippen molar-refractivity contribution in [3.8, 4) is 11.8 Å². The molecule has 59 heavy (non-hydrogen) atoms. The van der Waals surface area contributed by atoms with Gasteiger partial charge in [-0.2, -0.15) is 0 Å². The number of aliphatic hydroxyl groups is 1. The van der Waals surface area contributed by atoms with Gasteiger partial charge in [0.2, 0.25) is 24.1 Å². The summed E-state index contributed by atoms with van der Waals surface area (Å²) in [6, 6.07) is 26.7. The van der Waals surface area contributed by atoms with Crippen molar-refractivity contribution < 1.29 is 29.0 Å². The van der Waals surface area contributed by atoms with Crippen molar-refractivity contribution in [3.63, 3.8) is 0 Å². The normalized spacial score (nSPS) is 17.4. The van der Waals surface area contributed by atoms with E-state index in [1.165, 1.54) is 0 Å². The van der Waals surface area contributed by atoms with E-state index in [2.05, 4.69) is 76.3 Å². The number of nitrogens with zero attached hydrogens (tertiary/aromatic N) is 1. The molecule has 2 aliphatic rings. The minimum absolute atomic E-state index is 0.0190. The molecule has 2 fully saturated rings. The molecular weight excluding hydrogens is 743 g/mol. The number of hydrogen-bond donors (Lipinski definition) is 5. The molecule has 4 aromatic rings. The average Bonchev–Trinajstić information content (AvgIpc) is 3.26. The Morgan fingerprint density at radius 3 is 2.14 bits per heavy atom. The van der Waals surface area contributed by atoms with Crippen LogP contribution < -0.4 is 21.7 Å². The van der Waals surface area contributed by atoms with E-state index in [1.807, 2.05) is 36.4 Å². The summed E-state index contributed by atoms with van der Waals surface area (Å²) in [4.78, 5) is 55.3. The van der Waals surface area contributed by atoms with Crippen LogP contribution in [0, 0.1) is 23.7 Å². The molecule has 11 nitrogen and oxygen atoms in total. The summed E-state index contributed by atoms with van der Waals surface area (Å²) in [5.41, 5.74) is 7.81. The van der Waals surface area contributed by atoms with Gasteiger partial charge in [0, 0.05) is 25.4 Å². The minimum atomic E-state index is -1.14. The topological polar surface area (TPSA) is 163 Å². The van der Waals surface area contributed by atoms with Crippen molar-refractivity contribution >= 4 is 45.7 Å². The number of rotatable bonds is 18. The van der Waals surface area contributed by atoms with Gasteiger partial charge in [-0.15, -0.1) is 0 Å². The number of carbonyl (C=O) groups excluding carboxylic acids is 4. The van der Waals surface area contributed by atoms with Gasteiger partial charge in [0.05, 0.1) is 37.8 Å². The predicted octanol–water partition coefficient (Wildman–Crippen LogP) is 4.80. The van der Waals surface area contributed by atoms with Crippen molar-refractivity contribution in [2.75, 3.05) is 32.8 Å². The van der Waals surface area contributed by atoms with Crippen LogP contribution in [0.15, 0.2) is 84.9 Å². The predicted molar refractivity (Wildman–Crippen MR) is 231 cm³/mol. The van der Waals surface area contributed by atoms with Crippen molar-refractivity contribution in [1.29, 1.82) is 0 Å². The Labute approximate surface area is 347 Å². The summed E-state index contributed by atoms with van der Waals surface area (Å²) in [5.74, 6) is 4.60. The maximum atomic E-state index is 14.7. The fourth-order valence-electron chi connectivity index (χ4n) is 8.69. The summed E-state index contributed by atoms with van der Waals surface area (Å²) in [7, 11) is 0. The molecule has 4 aromatic carbocycles. The molecule has 4 atom stereocenters. The van der Waals surface area contributed by atoms with Crippen LogP contribution in [0.5, 0.6) is 0 Å². The van der Waals surface area contributed by atoms with E-state index < -0.39 is 30.0 Å². The van der Waals surface area contributed by atoms with Crippen molar-refractivity contribution in [2.45, 2.75) is 94.9 Å². The monoisotopic (exact) mass is 801 g/mol. The molecule has 0 bridgehead atoms. The number of ether oxygens (including phenoxy) is 1. The molecule has 312 valence electrons. The Morgan fingerprint density at radius 1 is 0.847 bits per heavy atom. The smallest absolute Gasteiger partial charge is 0.243 e. The van der Waals surface area contributed by atoms with Gasteiger partial charge in [-0.05, 0) is 70.8 Å². The van der Waals surface area contributed by atoms with Crippen LogP contribution in [0.3, 0.4) is 0 Å². The number of fused-ring (bicyclic) bond motifs is 2. The van der Waals surface area contributed by atoms with E-state index in [9.17, 15) is 24.3 Å². The van der Waals surface area contributed by atoms with Crippen LogP contribution in [-0.2, 0) is 36.8 Å². The lowest BCUT2D eigenvalue weighted by Crippen LogP contribution is -2.55. The molecule has 1 aliphatic carbocycles. The number of carbonyl (C=O) groups is 4. The zero-order valence-corrected chi connectivity index (χ0v) is 34.0. The highest BCUT2D eigenvalue weighted by Crippen LogP contribution is 2.30. The molecule has 1 saturated heterocycles. The summed E-state index contributed by atoms with van der Waals surface area (Å²) in [6.45, 7) is 1.79. The van der Waals surface area contributed by atoms with Crippen LogP contribution in [0.1, 0.15) is 68.9 Å². The standard InChI is InChI=1S/C48H59N5O6/c49-24-23-40-32-53(26-27-59-40)46(56)31-45(55)44(28-34-12-2-1-3-13-34)52-48(58)43(22-8-9-25-50-33-54)51-47(57)39(29-37-18-10-16-35-14-4-6-20-41(35)37)30-38-19-11-17-36-15-5-7-21-42(36)38/h4-7,10-11,14-21,33-34,39-40,43-45,55H,1-3,12-13,22-32,49H2,(H,50,54)(H,51,57)(H,52,58)/t40?,43?,44?,45-/m0/s1. The fraction of sp³-hybridized carbons (Fsp3) is 0.458. The van der Waals surface area contributed by atoms with E-state index in [0.717, 1.165) is 64.8 Å².